The molecule has 1 aromatic rings. The maximum Gasteiger partial charge on any atom is 0.308 e. The topological polar surface area (TPSA) is 83.9 Å². The fourth-order valence-electron chi connectivity index (χ4n) is 3.97. The first kappa shape index (κ1) is 17.2. The normalized spacial score (nSPS) is 24.1. The van der Waals surface area contributed by atoms with Gasteiger partial charge in [0.2, 0.25) is 10.0 Å². The monoisotopic (exact) mass is 353 g/mol. The van der Waals surface area contributed by atoms with Gasteiger partial charge in [-0.25, -0.2) is 8.42 Å². The summed E-state index contributed by atoms with van der Waals surface area (Å²) in [5.41, 5.74) is 2.19. The molecule has 0 bridgehead atoms. The van der Waals surface area contributed by atoms with E-state index in [9.17, 15) is 18.3 Å². The highest BCUT2D eigenvalue weighted by molar-refractivity contribution is 7.89. The van der Waals surface area contributed by atoms with E-state index in [1.54, 1.807) is 6.07 Å². The van der Waals surface area contributed by atoms with E-state index >= 15 is 0 Å². The Morgan fingerprint density at radius 2 is 2.00 bits per heavy atom. The highest BCUT2D eigenvalue weighted by Gasteiger charge is 2.44. The van der Waals surface area contributed by atoms with Gasteiger partial charge < -0.3 is 9.84 Å². The maximum atomic E-state index is 13.2. The predicted molar refractivity (Wildman–Crippen MR) is 88.7 cm³/mol. The Bertz CT molecular complexity index is 758. The average molecular weight is 353 g/mol. The third kappa shape index (κ3) is 2.69. The van der Waals surface area contributed by atoms with Gasteiger partial charge >= 0.3 is 5.97 Å². The van der Waals surface area contributed by atoms with Gasteiger partial charge in [0.25, 0.3) is 0 Å². The van der Waals surface area contributed by atoms with Crippen LogP contribution in [0.3, 0.4) is 0 Å². The number of nitrogens with zero attached hydrogens (tertiary/aromatic N) is 1. The number of hydrogen-bond donors (Lipinski definition) is 1. The van der Waals surface area contributed by atoms with E-state index in [-0.39, 0.29) is 11.4 Å². The van der Waals surface area contributed by atoms with E-state index < -0.39 is 28.0 Å². The summed E-state index contributed by atoms with van der Waals surface area (Å²) in [5, 5.41) is 9.35. The molecule has 0 spiro atoms. The van der Waals surface area contributed by atoms with E-state index in [1.807, 2.05) is 13.0 Å². The lowest BCUT2D eigenvalue weighted by atomic mass is 9.99. The Morgan fingerprint density at radius 3 is 2.58 bits per heavy atom. The summed E-state index contributed by atoms with van der Waals surface area (Å²) in [6, 6.07) is 3.03. The largest absolute Gasteiger partial charge is 0.495 e. The molecule has 132 valence electrons. The quantitative estimate of drug-likeness (QED) is 0.876. The first-order valence-corrected chi connectivity index (χ1v) is 9.78. The highest BCUT2D eigenvalue weighted by Crippen LogP contribution is 2.38. The predicted octanol–water partition coefficient (Wildman–Crippen LogP) is 2.06. The van der Waals surface area contributed by atoms with E-state index in [2.05, 4.69) is 0 Å². The fourth-order valence-corrected chi connectivity index (χ4v) is 5.90. The van der Waals surface area contributed by atoms with Gasteiger partial charge in [-0.2, -0.15) is 4.31 Å². The maximum absolute atomic E-state index is 13.2. The van der Waals surface area contributed by atoms with Crippen molar-refractivity contribution in [2.45, 2.75) is 50.0 Å². The Kier molecular flexibility index (Phi) is 4.57. The molecule has 0 aromatic heterocycles. The molecule has 6 nitrogen and oxygen atoms in total. The number of fused-ring (bicyclic) bond motifs is 1. The van der Waals surface area contributed by atoms with Crippen LogP contribution in [0.2, 0.25) is 0 Å². The molecule has 24 heavy (non-hydrogen) atoms. The summed E-state index contributed by atoms with van der Waals surface area (Å²) in [6.45, 7) is 2.06. The molecular formula is C17H23NO5S. The Labute approximate surface area is 142 Å². The minimum absolute atomic E-state index is 0.162. The van der Waals surface area contributed by atoms with Gasteiger partial charge in [0, 0.05) is 12.6 Å². The average Bonchev–Trinajstić information content (AvgIpc) is 3.19. The van der Waals surface area contributed by atoms with Crippen LogP contribution in [0.4, 0.5) is 0 Å². The van der Waals surface area contributed by atoms with E-state index in [0.29, 0.717) is 18.6 Å². The molecule has 0 saturated carbocycles. The number of methoxy groups -OCH3 is 1. The van der Waals surface area contributed by atoms with Crippen LogP contribution in [0.15, 0.2) is 17.0 Å². The Hall–Kier alpha value is -1.60. The van der Waals surface area contributed by atoms with Crippen molar-refractivity contribution in [3.05, 3.63) is 23.3 Å². The molecule has 2 atom stereocenters. The summed E-state index contributed by atoms with van der Waals surface area (Å²) < 4.78 is 33.1. The smallest absolute Gasteiger partial charge is 0.308 e. The first-order chi connectivity index (χ1) is 11.4. The third-order valence-corrected chi connectivity index (χ3v) is 7.14. The van der Waals surface area contributed by atoms with Crippen molar-refractivity contribution in [1.29, 1.82) is 0 Å². The summed E-state index contributed by atoms with van der Waals surface area (Å²) in [7, 11) is -2.32. The number of benzene rings is 1. The minimum atomic E-state index is -3.79. The van der Waals surface area contributed by atoms with Crippen LogP contribution in [0.5, 0.6) is 5.75 Å². The summed E-state index contributed by atoms with van der Waals surface area (Å²) in [6.07, 6.45) is 3.65. The zero-order valence-electron chi connectivity index (χ0n) is 14.0. The van der Waals surface area contributed by atoms with Crippen molar-refractivity contribution >= 4 is 16.0 Å². The standard InChI is InChI=1S/C17H23NO5S/c1-3-14-13(17(19)20)7-8-18(14)24(21,22)16-10-12-6-4-5-11(12)9-15(16)23-2/h9-10,13-14H,3-8H2,1-2H3,(H,19,20). The van der Waals surface area contributed by atoms with Gasteiger partial charge in [0.15, 0.2) is 0 Å². The fraction of sp³-hybridized carbons (Fsp3) is 0.588. The lowest BCUT2D eigenvalue weighted by molar-refractivity contribution is -0.142. The number of hydrogen-bond acceptors (Lipinski definition) is 4. The van der Waals surface area contributed by atoms with Crippen molar-refractivity contribution in [3.63, 3.8) is 0 Å². The Balaban J connectivity index is 2.04. The van der Waals surface area contributed by atoms with E-state index in [4.69, 9.17) is 4.74 Å². The SMILES string of the molecule is CCC1C(C(=O)O)CCN1S(=O)(=O)c1cc2c(cc1OC)CCC2. The molecular weight excluding hydrogens is 330 g/mol. The third-order valence-electron chi connectivity index (χ3n) is 5.20. The van der Waals surface area contributed by atoms with E-state index in [1.165, 1.54) is 11.4 Å². The number of aryl methyl sites for hydroxylation is 2. The molecule has 7 heteroatoms. The molecule has 1 saturated heterocycles. The van der Waals surface area contributed by atoms with Crippen LogP contribution < -0.4 is 4.74 Å². The number of aliphatic carboxylic acids is 1. The summed E-state index contributed by atoms with van der Waals surface area (Å²) >= 11 is 0. The second-order valence-electron chi connectivity index (χ2n) is 6.45. The zero-order chi connectivity index (χ0) is 17.5. The van der Waals surface area contributed by atoms with Crippen LogP contribution in [-0.4, -0.2) is 43.5 Å². The number of rotatable bonds is 5. The van der Waals surface area contributed by atoms with Crippen LogP contribution >= 0.6 is 0 Å². The molecule has 1 heterocycles. The summed E-state index contributed by atoms with van der Waals surface area (Å²) in [4.78, 5) is 11.6. The second-order valence-corrected chi connectivity index (χ2v) is 8.31. The van der Waals surface area contributed by atoms with Gasteiger partial charge in [0.05, 0.1) is 13.0 Å². The number of sulfonamides is 1. The molecule has 0 radical (unpaired) electrons. The Morgan fingerprint density at radius 1 is 1.33 bits per heavy atom. The zero-order valence-corrected chi connectivity index (χ0v) is 14.8. The van der Waals surface area contributed by atoms with Crippen molar-refractivity contribution in [3.8, 4) is 5.75 Å². The van der Waals surface area contributed by atoms with Gasteiger partial charge in [-0.15, -0.1) is 0 Å². The van der Waals surface area contributed by atoms with Crippen molar-refractivity contribution in [2.75, 3.05) is 13.7 Å². The van der Waals surface area contributed by atoms with Gasteiger partial charge in [0.1, 0.15) is 10.6 Å². The molecule has 1 fully saturated rings. The molecule has 3 rings (SSSR count). The molecule has 1 aliphatic carbocycles. The molecule has 2 unspecified atom stereocenters. The molecule has 2 aliphatic rings. The van der Waals surface area contributed by atoms with Crippen LogP contribution in [0, 0.1) is 5.92 Å². The molecule has 1 aromatic carbocycles. The number of ether oxygens (including phenoxy) is 1. The minimum Gasteiger partial charge on any atom is -0.495 e. The van der Waals surface area contributed by atoms with Crippen molar-refractivity contribution in [2.24, 2.45) is 5.92 Å². The summed E-state index contributed by atoms with van der Waals surface area (Å²) in [5.74, 6) is -1.23. The molecule has 1 N–H and O–H groups in total. The van der Waals surface area contributed by atoms with Gasteiger partial charge in [-0.1, -0.05) is 6.92 Å². The number of carbonyl (C=O) groups is 1. The van der Waals surface area contributed by atoms with Crippen LogP contribution in [0.1, 0.15) is 37.3 Å². The van der Waals surface area contributed by atoms with Crippen molar-refractivity contribution in [1.82, 2.24) is 4.31 Å². The first-order valence-electron chi connectivity index (χ1n) is 8.34. The van der Waals surface area contributed by atoms with Gasteiger partial charge in [-0.3, -0.25) is 4.79 Å². The van der Waals surface area contributed by atoms with Gasteiger partial charge in [-0.05, 0) is 55.4 Å². The van der Waals surface area contributed by atoms with Crippen LogP contribution in [0.25, 0.3) is 0 Å². The lowest BCUT2D eigenvalue weighted by Crippen LogP contribution is -2.39. The van der Waals surface area contributed by atoms with E-state index in [0.717, 1.165) is 30.4 Å². The van der Waals surface area contributed by atoms with Crippen molar-refractivity contribution < 1.29 is 23.1 Å². The molecule has 0 amide bonds. The number of carboxylic acid groups (broad SMARTS) is 1. The molecule has 1 aliphatic heterocycles. The second kappa shape index (κ2) is 6.37. The lowest BCUT2D eigenvalue weighted by Gasteiger charge is -2.26. The highest BCUT2D eigenvalue weighted by atomic mass is 32.2. The van der Waals surface area contributed by atoms with Crippen LogP contribution in [-0.2, 0) is 27.7 Å². The number of carboxylic acids is 1.